The Morgan fingerprint density at radius 1 is 1.22 bits per heavy atom. The molecule has 0 fully saturated rings. The maximum atomic E-state index is 11.6. The van der Waals surface area contributed by atoms with E-state index in [0.29, 0.717) is 6.54 Å². The molecule has 0 rings (SSSR count). The van der Waals surface area contributed by atoms with Gasteiger partial charge in [-0.3, -0.25) is 4.79 Å². The second-order valence-electron chi connectivity index (χ2n) is 5.02. The van der Waals surface area contributed by atoms with Crippen molar-refractivity contribution in [2.45, 2.75) is 40.2 Å². The molecule has 0 saturated carbocycles. The predicted molar refractivity (Wildman–Crippen MR) is 74.3 cm³/mol. The maximum Gasteiger partial charge on any atom is 0.221 e. The van der Waals surface area contributed by atoms with Gasteiger partial charge in [0.05, 0.1) is 11.5 Å². The minimum atomic E-state index is -3.10. The quantitative estimate of drug-likeness (QED) is 0.646. The van der Waals surface area contributed by atoms with Crippen LogP contribution in [0.15, 0.2) is 0 Å². The van der Waals surface area contributed by atoms with Gasteiger partial charge in [0.2, 0.25) is 5.91 Å². The van der Waals surface area contributed by atoms with Crippen LogP contribution in [0.1, 0.15) is 34.1 Å². The summed E-state index contributed by atoms with van der Waals surface area (Å²) < 4.78 is 23.2. The molecule has 0 aliphatic heterocycles. The van der Waals surface area contributed by atoms with Crippen LogP contribution >= 0.6 is 0 Å². The smallest absolute Gasteiger partial charge is 0.221 e. The fourth-order valence-electron chi connectivity index (χ4n) is 1.62. The monoisotopic (exact) mass is 278 g/mol. The van der Waals surface area contributed by atoms with Crippen molar-refractivity contribution in [3.63, 3.8) is 0 Å². The van der Waals surface area contributed by atoms with E-state index in [0.717, 1.165) is 6.54 Å². The van der Waals surface area contributed by atoms with Gasteiger partial charge in [0.25, 0.3) is 0 Å². The van der Waals surface area contributed by atoms with E-state index >= 15 is 0 Å². The molecule has 0 aliphatic rings. The highest BCUT2D eigenvalue weighted by molar-refractivity contribution is 7.91. The van der Waals surface area contributed by atoms with E-state index in [1.54, 1.807) is 0 Å². The Labute approximate surface area is 111 Å². The molecule has 0 unspecified atom stereocenters. The molecule has 0 spiro atoms. The van der Waals surface area contributed by atoms with E-state index in [4.69, 9.17) is 0 Å². The van der Waals surface area contributed by atoms with Crippen LogP contribution in [-0.4, -0.2) is 45.0 Å². The SMILES string of the molecule is CCN[C@H](C)CNC(=O)CCS(=O)(=O)CC(C)C. The Morgan fingerprint density at radius 3 is 2.33 bits per heavy atom. The van der Waals surface area contributed by atoms with Crippen LogP contribution < -0.4 is 10.6 Å². The van der Waals surface area contributed by atoms with Gasteiger partial charge >= 0.3 is 0 Å². The first-order valence-corrected chi connectivity index (χ1v) is 8.29. The number of amides is 1. The number of carbonyl (C=O) groups is 1. The van der Waals surface area contributed by atoms with Crippen molar-refractivity contribution in [3.8, 4) is 0 Å². The molecular formula is C12H26N2O3S. The minimum Gasteiger partial charge on any atom is -0.355 e. The van der Waals surface area contributed by atoms with Crippen molar-refractivity contribution < 1.29 is 13.2 Å². The van der Waals surface area contributed by atoms with Crippen LogP contribution in [0, 0.1) is 5.92 Å². The highest BCUT2D eigenvalue weighted by Crippen LogP contribution is 2.02. The van der Waals surface area contributed by atoms with Gasteiger partial charge in [0.1, 0.15) is 0 Å². The topological polar surface area (TPSA) is 75.3 Å². The predicted octanol–water partition coefficient (Wildman–Crippen LogP) is 0.562. The van der Waals surface area contributed by atoms with Crippen LogP contribution in [0.5, 0.6) is 0 Å². The summed E-state index contributed by atoms with van der Waals surface area (Å²) in [5.41, 5.74) is 0. The van der Waals surface area contributed by atoms with E-state index in [1.165, 1.54) is 0 Å². The van der Waals surface area contributed by atoms with Crippen LogP contribution in [0.3, 0.4) is 0 Å². The zero-order chi connectivity index (χ0) is 14.2. The van der Waals surface area contributed by atoms with Gasteiger partial charge in [0, 0.05) is 19.0 Å². The fourth-order valence-corrected chi connectivity index (χ4v) is 3.29. The number of rotatable bonds is 9. The summed E-state index contributed by atoms with van der Waals surface area (Å²) in [6.45, 7) is 9.05. The number of nitrogens with one attached hydrogen (secondary N) is 2. The second kappa shape index (κ2) is 8.48. The Bertz CT molecular complexity index is 339. The van der Waals surface area contributed by atoms with E-state index < -0.39 is 9.84 Å². The lowest BCUT2D eigenvalue weighted by atomic mass is 10.3. The molecule has 1 atom stereocenters. The number of sulfone groups is 1. The molecule has 0 heterocycles. The molecule has 0 saturated heterocycles. The molecule has 18 heavy (non-hydrogen) atoms. The van der Waals surface area contributed by atoms with Crippen LogP contribution in [0.2, 0.25) is 0 Å². The standard InChI is InChI=1S/C12H26N2O3S/c1-5-13-11(4)8-14-12(15)6-7-18(16,17)9-10(2)3/h10-11,13H,5-9H2,1-4H3,(H,14,15)/t11-/m1/s1. The summed E-state index contributed by atoms with van der Waals surface area (Å²) in [6, 6.07) is 0.200. The lowest BCUT2D eigenvalue weighted by Gasteiger charge is -2.13. The lowest BCUT2D eigenvalue weighted by molar-refractivity contribution is -0.120. The minimum absolute atomic E-state index is 0.0495. The third kappa shape index (κ3) is 9.41. The van der Waals surface area contributed by atoms with Crippen LogP contribution in [0.4, 0.5) is 0 Å². The summed E-state index contributed by atoms with van der Waals surface area (Å²) in [4.78, 5) is 11.5. The molecule has 0 aliphatic carbocycles. The van der Waals surface area contributed by atoms with Gasteiger partial charge in [0.15, 0.2) is 9.84 Å². The summed E-state index contributed by atoms with van der Waals surface area (Å²) in [6.07, 6.45) is 0.0495. The van der Waals surface area contributed by atoms with E-state index in [-0.39, 0.29) is 35.8 Å². The number of hydrogen-bond acceptors (Lipinski definition) is 4. The summed E-state index contributed by atoms with van der Waals surface area (Å²) >= 11 is 0. The molecule has 0 aromatic heterocycles. The zero-order valence-corrected chi connectivity index (χ0v) is 12.6. The van der Waals surface area contributed by atoms with Gasteiger partial charge in [-0.15, -0.1) is 0 Å². The van der Waals surface area contributed by atoms with E-state index in [2.05, 4.69) is 10.6 Å². The Kier molecular flexibility index (Phi) is 8.18. The highest BCUT2D eigenvalue weighted by Gasteiger charge is 2.15. The third-order valence-corrected chi connectivity index (χ3v) is 4.39. The molecule has 2 N–H and O–H groups in total. The Hall–Kier alpha value is -0.620. The number of hydrogen-bond donors (Lipinski definition) is 2. The first-order chi connectivity index (χ1) is 8.26. The average molecular weight is 278 g/mol. The number of likely N-dealkylation sites (N-methyl/N-ethyl adjacent to an activating group) is 1. The van der Waals surface area contributed by atoms with Gasteiger partial charge < -0.3 is 10.6 Å². The molecule has 0 bridgehead atoms. The lowest BCUT2D eigenvalue weighted by Crippen LogP contribution is -2.39. The molecule has 1 amide bonds. The molecule has 5 nitrogen and oxygen atoms in total. The molecular weight excluding hydrogens is 252 g/mol. The van der Waals surface area contributed by atoms with Crippen molar-refractivity contribution in [3.05, 3.63) is 0 Å². The van der Waals surface area contributed by atoms with E-state index in [9.17, 15) is 13.2 Å². The Morgan fingerprint density at radius 2 is 1.83 bits per heavy atom. The first kappa shape index (κ1) is 17.4. The molecule has 6 heteroatoms. The van der Waals surface area contributed by atoms with Gasteiger partial charge in [-0.1, -0.05) is 20.8 Å². The average Bonchev–Trinajstić information content (AvgIpc) is 2.22. The Balaban J connectivity index is 3.90. The summed E-state index contributed by atoms with van der Waals surface area (Å²) in [5.74, 6) is -0.0142. The van der Waals surface area contributed by atoms with Gasteiger partial charge in [-0.2, -0.15) is 0 Å². The molecule has 108 valence electrons. The van der Waals surface area contributed by atoms with Crippen molar-refractivity contribution in [1.82, 2.24) is 10.6 Å². The summed E-state index contributed by atoms with van der Waals surface area (Å²) in [7, 11) is -3.10. The zero-order valence-electron chi connectivity index (χ0n) is 11.8. The van der Waals surface area contributed by atoms with Gasteiger partial charge in [-0.25, -0.2) is 8.42 Å². The van der Waals surface area contributed by atoms with Crippen molar-refractivity contribution >= 4 is 15.7 Å². The van der Waals surface area contributed by atoms with Crippen LogP contribution in [0.25, 0.3) is 0 Å². The van der Waals surface area contributed by atoms with Crippen molar-refractivity contribution in [1.29, 1.82) is 0 Å². The van der Waals surface area contributed by atoms with E-state index in [1.807, 2.05) is 27.7 Å². The highest BCUT2D eigenvalue weighted by atomic mass is 32.2. The fraction of sp³-hybridized carbons (Fsp3) is 0.917. The molecule has 0 aromatic rings. The normalized spacial score (nSPS) is 13.6. The molecule has 0 radical (unpaired) electrons. The third-order valence-electron chi connectivity index (χ3n) is 2.39. The largest absolute Gasteiger partial charge is 0.355 e. The second-order valence-corrected chi connectivity index (χ2v) is 7.25. The molecule has 0 aromatic carbocycles. The first-order valence-electron chi connectivity index (χ1n) is 6.47. The summed E-state index contributed by atoms with van der Waals surface area (Å²) in [5, 5.41) is 5.89. The number of carbonyl (C=O) groups excluding carboxylic acids is 1. The van der Waals surface area contributed by atoms with Crippen molar-refractivity contribution in [2.75, 3.05) is 24.6 Å². The van der Waals surface area contributed by atoms with Crippen molar-refractivity contribution in [2.24, 2.45) is 5.92 Å². The maximum absolute atomic E-state index is 11.6. The van der Waals surface area contributed by atoms with Crippen LogP contribution in [-0.2, 0) is 14.6 Å². The van der Waals surface area contributed by atoms with Gasteiger partial charge in [-0.05, 0) is 19.4 Å².